The van der Waals surface area contributed by atoms with Crippen LogP contribution in [0, 0.1) is 11.6 Å². The molecule has 64 valence electrons. The van der Waals surface area contributed by atoms with Crippen LogP contribution in [0.1, 0.15) is 10.4 Å². The Morgan fingerprint density at radius 1 is 1.42 bits per heavy atom. The third-order valence-electron chi connectivity index (χ3n) is 1.33. The normalized spacial score (nSPS) is 9.83. The lowest BCUT2D eigenvalue weighted by Gasteiger charge is -2.06. The van der Waals surface area contributed by atoms with E-state index in [1.165, 1.54) is 0 Å². The summed E-state index contributed by atoms with van der Waals surface area (Å²) < 4.78 is 25.3. The Hall–Kier alpha value is -1.65. The zero-order chi connectivity index (χ0) is 9.30. The molecule has 1 rings (SSSR count). The fourth-order valence-corrected chi connectivity index (χ4v) is 0.756. The average Bonchev–Trinajstić information content (AvgIpc) is 1.97. The maximum atomic E-state index is 12.7. The average molecular weight is 172 g/mol. The van der Waals surface area contributed by atoms with Gasteiger partial charge in [-0.25, -0.2) is 8.78 Å². The van der Waals surface area contributed by atoms with Gasteiger partial charge >= 0.3 is 0 Å². The van der Waals surface area contributed by atoms with E-state index in [4.69, 9.17) is 5.73 Å². The van der Waals surface area contributed by atoms with Crippen molar-refractivity contribution >= 4 is 11.7 Å². The molecule has 0 aliphatic heterocycles. The number of hydrogen-bond acceptors (Lipinski definition) is 3. The highest BCUT2D eigenvalue weighted by Crippen LogP contribution is 2.17. The first-order chi connectivity index (χ1) is 5.54. The number of aromatic carboxylic acids is 1. The Bertz CT molecular complexity index is 338. The summed E-state index contributed by atoms with van der Waals surface area (Å²) in [4.78, 5) is 10.1. The molecule has 0 atom stereocenters. The summed E-state index contributed by atoms with van der Waals surface area (Å²) in [6.07, 6.45) is 0. The number of carboxylic acids is 1. The molecular formula is C7H4F2NO2-. The van der Waals surface area contributed by atoms with Crippen LogP contribution in [0.3, 0.4) is 0 Å². The molecule has 0 spiro atoms. The van der Waals surface area contributed by atoms with Gasteiger partial charge in [-0.1, -0.05) is 0 Å². The Labute approximate surface area is 66.4 Å². The van der Waals surface area contributed by atoms with E-state index in [1.54, 1.807) is 0 Å². The second-order valence-electron chi connectivity index (χ2n) is 2.11. The first-order valence-electron chi connectivity index (χ1n) is 2.99. The molecule has 0 aliphatic rings. The molecule has 0 unspecified atom stereocenters. The topological polar surface area (TPSA) is 66.2 Å². The predicted molar refractivity (Wildman–Crippen MR) is 35.1 cm³/mol. The number of benzene rings is 1. The van der Waals surface area contributed by atoms with Crippen molar-refractivity contribution in [3.8, 4) is 0 Å². The number of nitrogens with two attached hydrogens (primary N) is 1. The fourth-order valence-electron chi connectivity index (χ4n) is 0.756. The molecule has 0 radical (unpaired) electrons. The lowest BCUT2D eigenvalue weighted by atomic mass is 10.2. The summed E-state index contributed by atoms with van der Waals surface area (Å²) in [5, 5.41) is 10.1. The van der Waals surface area contributed by atoms with Crippen LogP contribution < -0.4 is 10.8 Å². The fraction of sp³-hybridized carbons (Fsp3) is 0. The minimum absolute atomic E-state index is 0.421. The zero-order valence-electron chi connectivity index (χ0n) is 5.80. The van der Waals surface area contributed by atoms with Gasteiger partial charge in [0.05, 0.1) is 17.2 Å². The smallest absolute Gasteiger partial charge is 0.158 e. The third kappa shape index (κ3) is 1.20. The van der Waals surface area contributed by atoms with Crippen LogP contribution in [0.5, 0.6) is 0 Å². The minimum atomic E-state index is -1.92. The van der Waals surface area contributed by atoms with Crippen molar-refractivity contribution in [2.45, 2.75) is 0 Å². The minimum Gasteiger partial charge on any atom is -0.545 e. The Kier molecular flexibility index (Phi) is 1.95. The van der Waals surface area contributed by atoms with Gasteiger partial charge in [-0.05, 0) is 12.1 Å². The number of carboxylic acid groups (broad SMARTS) is 1. The van der Waals surface area contributed by atoms with E-state index in [0.29, 0.717) is 0 Å². The molecule has 0 aliphatic carbocycles. The van der Waals surface area contributed by atoms with Gasteiger partial charge in [0.15, 0.2) is 5.82 Å². The van der Waals surface area contributed by atoms with Crippen LogP contribution in [-0.2, 0) is 0 Å². The number of carbonyl (C=O) groups is 1. The molecule has 2 N–H and O–H groups in total. The first kappa shape index (κ1) is 8.45. The molecule has 1 aromatic rings. The lowest BCUT2D eigenvalue weighted by Crippen LogP contribution is -2.25. The summed E-state index contributed by atoms with van der Waals surface area (Å²) >= 11 is 0. The Morgan fingerprint density at radius 2 is 2.00 bits per heavy atom. The monoisotopic (exact) mass is 172 g/mol. The third-order valence-corrected chi connectivity index (χ3v) is 1.33. The van der Waals surface area contributed by atoms with Gasteiger partial charge < -0.3 is 15.6 Å². The maximum Gasteiger partial charge on any atom is 0.158 e. The van der Waals surface area contributed by atoms with Crippen molar-refractivity contribution < 1.29 is 18.7 Å². The van der Waals surface area contributed by atoms with Crippen LogP contribution in [0.25, 0.3) is 0 Å². The number of anilines is 1. The lowest BCUT2D eigenvalue weighted by molar-refractivity contribution is -0.255. The van der Waals surface area contributed by atoms with Gasteiger partial charge in [-0.15, -0.1) is 0 Å². The SMILES string of the molecule is Nc1ccc(F)c(C(=O)[O-])c1F. The van der Waals surface area contributed by atoms with Crippen molar-refractivity contribution in [2.24, 2.45) is 0 Å². The van der Waals surface area contributed by atoms with Crippen LogP contribution in [0.2, 0.25) is 0 Å². The van der Waals surface area contributed by atoms with E-state index < -0.39 is 28.9 Å². The largest absolute Gasteiger partial charge is 0.545 e. The highest BCUT2D eigenvalue weighted by molar-refractivity contribution is 5.87. The molecule has 12 heavy (non-hydrogen) atoms. The molecule has 0 saturated carbocycles. The van der Waals surface area contributed by atoms with Crippen LogP contribution >= 0.6 is 0 Å². The van der Waals surface area contributed by atoms with Gasteiger partial charge in [-0.3, -0.25) is 0 Å². The van der Waals surface area contributed by atoms with Crippen molar-refractivity contribution in [3.05, 3.63) is 29.3 Å². The summed E-state index contributed by atoms with van der Waals surface area (Å²) in [7, 11) is 0. The van der Waals surface area contributed by atoms with Crippen molar-refractivity contribution in [1.29, 1.82) is 0 Å². The molecule has 0 bridgehead atoms. The molecule has 5 heteroatoms. The highest BCUT2D eigenvalue weighted by atomic mass is 19.1. The molecule has 0 aromatic heterocycles. The summed E-state index contributed by atoms with van der Waals surface area (Å²) in [5.41, 5.74) is 3.44. The van der Waals surface area contributed by atoms with Crippen molar-refractivity contribution in [3.63, 3.8) is 0 Å². The van der Waals surface area contributed by atoms with Crippen LogP contribution in [-0.4, -0.2) is 5.97 Å². The molecular weight excluding hydrogens is 168 g/mol. The number of halogens is 2. The molecule has 1 aromatic carbocycles. The quantitative estimate of drug-likeness (QED) is 0.602. The maximum absolute atomic E-state index is 12.7. The second-order valence-corrected chi connectivity index (χ2v) is 2.11. The van der Waals surface area contributed by atoms with E-state index >= 15 is 0 Å². The Balaban J connectivity index is 3.43. The van der Waals surface area contributed by atoms with E-state index in [-0.39, 0.29) is 0 Å². The molecule has 0 amide bonds. The van der Waals surface area contributed by atoms with Gasteiger partial charge in [0.25, 0.3) is 0 Å². The van der Waals surface area contributed by atoms with E-state index in [9.17, 15) is 18.7 Å². The first-order valence-corrected chi connectivity index (χ1v) is 2.99. The Morgan fingerprint density at radius 3 is 2.42 bits per heavy atom. The van der Waals surface area contributed by atoms with Gasteiger partial charge in [0, 0.05) is 0 Å². The van der Waals surface area contributed by atoms with Crippen molar-refractivity contribution in [2.75, 3.05) is 5.73 Å². The van der Waals surface area contributed by atoms with Crippen LogP contribution in [0.4, 0.5) is 14.5 Å². The van der Waals surface area contributed by atoms with E-state index in [1.807, 2.05) is 0 Å². The van der Waals surface area contributed by atoms with Gasteiger partial charge in [0.2, 0.25) is 0 Å². The molecule has 0 saturated heterocycles. The number of carbonyl (C=O) groups excluding carboxylic acids is 1. The van der Waals surface area contributed by atoms with Gasteiger partial charge in [-0.2, -0.15) is 0 Å². The van der Waals surface area contributed by atoms with E-state index in [0.717, 1.165) is 12.1 Å². The molecule has 0 fully saturated rings. The number of nitrogen functional groups attached to an aromatic ring is 1. The molecule has 0 heterocycles. The van der Waals surface area contributed by atoms with Gasteiger partial charge in [0.1, 0.15) is 5.82 Å². The van der Waals surface area contributed by atoms with Crippen LogP contribution in [0.15, 0.2) is 12.1 Å². The summed E-state index contributed by atoms with van der Waals surface area (Å²) in [5.74, 6) is -4.41. The summed E-state index contributed by atoms with van der Waals surface area (Å²) in [6.45, 7) is 0. The standard InChI is InChI=1S/C7H5F2NO2/c8-3-1-2-4(10)6(9)5(3)7(11)12/h1-2H,10H2,(H,11,12)/p-1. The number of rotatable bonds is 1. The molecule has 3 nitrogen and oxygen atoms in total. The van der Waals surface area contributed by atoms with Crippen molar-refractivity contribution in [1.82, 2.24) is 0 Å². The predicted octanol–water partition coefficient (Wildman–Crippen LogP) is -0.0895. The van der Waals surface area contributed by atoms with E-state index in [2.05, 4.69) is 0 Å². The summed E-state index contributed by atoms with van der Waals surface area (Å²) in [6, 6.07) is 1.71. The second kappa shape index (κ2) is 2.77. The highest BCUT2D eigenvalue weighted by Gasteiger charge is 2.12. The number of hydrogen-bond donors (Lipinski definition) is 1. The zero-order valence-corrected chi connectivity index (χ0v) is 5.80.